The standard InChI is InChI=1S/C16H17ClN4O6S2.Na/c1-7(22)27-5-16(14(25)26)4-21-12(24)10(13(21)29-6-16)20-11(23)8(2-17)9-3-28-15(18)19-9;/h2-3,10,13H,4-6H2,1H3,(H2,18,19)(H,20,23)(H,25,26);/q;+1/p-1/t10?,13-,16?;/m1./s1. The van der Waals surface area contributed by atoms with E-state index in [1.807, 2.05) is 0 Å². The number of hydrogen-bond donors (Lipinski definition) is 2. The molecule has 0 aliphatic carbocycles. The number of rotatable bonds is 6. The van der Waals surface area contributed by atoms with Gasteiger partial charge in [-0.3, -0.25) is 14.4 Å². The van der Waals surface area contributed by atoms with Crippen LogP contribution in [0.5, 0.6) is 0 Å². The third-order valence-electron chi connectivity index (χ3n) is 4.57. The second-order valence-electron chi connectivity index (χ2n) is 6.56. The van der Waals surface area contributed by atoms with Crippen molar-refractivity contribution in [2.24, 2.45) is 5.41 Å². The van der Waals surface area contributed by atoms with E-state index in [-0.39, 0.29) is 58.3 Å². The van der Waals surface area contributed by atoms with Crippen LogP contribution in [0.3, 0.4) is 0 Å². The number of thiazole rings is 1. The Morgan fingerprint density at radius 1 is 1.53 bits per heavy atom. The van der Waals surface area contributed by atoms with Gasteiger partial charge < -0.3 is 30.6 Å². The van der Waals surface area contributed by atoms with E-state index < -0.39 is 47.2 Å². The molecule has 2 aliphatic rings. The summed E-state index contributed by atoms with van der Waals surface area (Å²) in [5.41, 5.74) is 5.47. The Morgan fingerprint density at radius 2 is 2.23 bits per heavy atom. The number of nitrogens with zero attached hydrogens (tertiary/aromatic N) is 2. The number of anilines is 1. The largest absolute Gasteiger partial charge is 1.00 e. The number of ether oxygens (including phenoxy) is 1. The van der Waals surface area contributed by atoms with Gasteiger partial charge in [-0.15, -0.1) is 23.1 Å². The number of hydrogen-bond acceptors (Lipinski definition) is 10. The summed E-state index contributed by atoms with van der Waals surface area (Å²) >= 11 is 8.05. The van der Waals surface area contributed by atoms with Crippen molar-refractivity contribution in [2.45, 2.75) is 18.3 Å². The molecule has 0 bridgehead atoms. The number of esters is 1. The molecule has 0 saturated carbocycles. The third kappa shape index (κ3) is 4.78. The average molecular weight is 483 g/mol. The molecule has 3 N–H and O–H groups in total. The van der Waals surface area contributed by atoms with Gasteiger partial charge in [-0.25, -0.2) is 4.98 Å². The molecule has 156 valence electrons. The predicted octanol–water partition coefficient (Wildman–Crippen LogP) is -3.99. The number of nitrogens with two attached hydrogens (primary N) is 1. The fourth-order valence-electron chi connectivity index (χ4n) is 2.99. The van der Waals surface area contributed by atoms with Gasteiger partial charge in [-0.2, -0.15) is 0 Å². The van der Waals surface area contributed by atoms with Crippen LogP contribution in [0.1, 0.15) is 12.6 Å². The van der Waals surface area contributed by atoms with Gasteiger partial charge in [-0.05, 0) is 0 Å². The smallest absolute Gasteiger partial charge is 0.549 e. The summed E-state index contributed by atoms with van der Waals surface area (Å²) < 4.78 is 4.86. The van der Waals surface area contributed by atoms with Crippen LogP contribution >= 0.6 is 34.7 Å². The molecule has 2 unspecified atom stereocenters. The maximum absolute atomic E-state index is 12.5. The Bertz CT molecular complexity index is 912. The van der Waals surface area contributed by atoms with E-state index in [9.17, 15) is 24.3 Å². The number of amides is 2. The van der Waals surface area contributed by atoms with Gasteiger partial charge in [0.15, 0.2) is 5.13 Å². The zero-order valence-electron chi connectivity index (χ0n) is 16.0. The zero-order chi connectivity index (χ0) is 21.3. The van der Waals surface area contributed by atoms with Crippen LogP contribution in [-0.4, -0.2) is 64.0 Å². The number of thioether (sulfide) groups is 1. The minimum atomic E-state index is -1.50. The number of aromatic nitrogens is 1. The van der Waals surface area contributed by atoms with Crippen molar-refractivity contribution < 1.29 is 58.6 Å². The molecule has 14 heteroatoms. The molecule has 0 aromatic carbocycles. The fourth-order valence-corrected chi connectivity index (χ4v) is 5.28. The van der Waals surface area contributed by atoms with Crippen LogP contribution in [-0.2, 0) is 23.9 Å². The van der Waals surface area contributed by atoms with Crippen molar-refractivity contribution in [3.8, 4) is 0 Å². The van der Waals surface area contributed by atoms with E-state index >= 15 is 0 Å². The summed E-state index contributed by atoms with van der Waals surface area (Å²) in [4.78, 5) is 53.1. The van der Waals surface area contributed by atoms with Gasteiger partial charge in [-0.1, -0.05) is 11.6 Å². The van der Waals surface area contributed by atoms with Crippen molar-refractivity contribution in [1.29, 1.82) is 0 Å². The summed E-state index contributed by atoms with van der Waals surface area (Å²) in [5.74, 6) is -3.01. The number of carbonyl (C=O) groups is 4. The SMILES string of the molecule is CC(=O)OCC1(C(=O)[O-])CS[C@@H]2C(NC(=O)C(=CCl)c3csc(N)n3)C(=O)N2C1.[Na+]. The molecule has 2 saturated heterocycles. The molecule has 1 aromatic rings. The number of carboxylic acid groups (broad SMARTS) is 1. The molecule has 2 aliphatic heterocycles. The molecule has 30 heavy (non-hydrogen) atoms. The molecule has 10 nitrogen and oxygen atoms in total. The van der Waals surface area contributed by atoms with Crippen molar-refractivity contribution in [2.75, 3.05) is 24.6 Å². The van der Waals surface area contributed by atoms with Crippen LogP contribution in [0.15, 0.2) is 10.9 Å². The molecule has 1 aromatic heterocycles. The Balaban J connectivity index is 0.00000320. The maximum Gasteiger partial charge on any atom is 1.00 e. The molecule has 2 amide bonds. The number of halogens is 1. The molecular formula is C16H16ClN4NaO6S2. The van der Waals surface area contributed by atoms with Crippen LogP contribution in [0.2, 0.25) is 0 Å². The molecule has 0 spiro atoms. The number of carbonyl (C=O) groups excluding carboxylic acids is 4. The van der Waals surface area contributed by atoms with Crippen molar-refractivity contribution in [3.05, 3.63) is 16.6 Å². The Morgan fingerprint density at radius 3 is 2.77 bits per heavy atom. The Kier molecular flexibility index (Phi) is 8.22. The molecular weight excluding hydrogens is 467 g/mol. The third-order valence-corrected chi connectivity index (χ3v) is 7.05. The predicted molar refractivity (Wildman–Crippen MR) is 104 cm³/mol. The summed E-state index contributed by atoms with van der Waals surface area (Å²) in [5, 5.41) is 15.6. The topological polar surface area (TPSA) is 155 Å². The summed E-state index contributed by atoms with van der Waals surface area (Å²) in [6, 6.07) is -0.844. The van der Waals surface area contributed by atoms with Crippen LogP contribution in [0.25, 0.3) is 5.57 Å². The number of carboxylic acids is 1. The normalized spacial score (nSPS) is 25.5. The second kappa shape index (κ2) is 9.88. The Labute approximate surface area is 206 Å². The van der Waals surface area contributed by atoms with E-state index in [1.54, 1.807) is 5.38 Å². The molecule has 0 radical (unpaired) electrons. The summed E-state index contributed by atoms with van der Waals surface area (Å²) in [6.07, 6.45) is 0. The van der Waals surface area contributed by atoms with Gasteiger partial charge in [0.2, 0.25) is 5.91 Å². The number of fused-ring (bicyclic) bond motifs is 1. The van der Waals surface area contributed by atoms with Gasteiger partial charge in [0.25, 0.3) is 5.91 Å². The Hall–Kier alpha value is -1.31. The van der Waals surface area contributed by atoms with Gasteiger partial charge in [0, 0.05) is 30.1 Å². The average Bonchev–Trinajstić information content (AvgIpc) is 3.10. The van der Waals surface area contributed by atoms with Gasteiger partial charge in [0.1, 0.15) is 18.0 Å². The quantitative estimate of drug-likeness (QED) is 0.179. The second-order valence-corrected chi connectivity index (χ2v) is 8.77. The van der Waals surface area contributed by atoms with E-state index in [4.69, 9.17) is 22.1 Å². The molecule has 2 fully saturated rings. The minimum absolute atomic E-state index is 0. The van der Waals surface area contributed by atoms with E-state index in [0.717, 1.165) is 16.9 Å². The first-order valence-electron chi connectivity index (χ1n) is 8.28. The van der Waals surface area contributed by atoms with Crippen LogP contribution in [0.4, 0.5) is 5.13 Å². The minimum Gasteiger partial charge on any atom is -0.549 e. The van der Waals surface area contributed by atoms with Crippen molar-refractivity contribution in [3.63, 3.8) is 0 Å². The molecule has 3 rings (SSSR count). The van der Waals surface area contributed by atoms with Crippen LogP contribution in [0, 0.1) is 5.41 Å². The summed E-state index contributed by atoms with van der Waals surface area (Å²) in [7, 11) is 0. The first-order chi connectivity index (χ1) is 13.7. The van der Waals surface area contributed by atoms with E-state index in [0.29, 0.717) is 0 Å². The first-order valence-corrected chi connectivity index (χ1v) is 10.6. The number of nitrogens with one attached hydrogen (secondary N) is 1. The van der Waals surface area contributed by atoms with E-state index in [1.165, 1.54) is 23.6 Å². The number of aliphatic carboxylic acids is 1. The molecule has 3 heterocycles. The first kappa shape index (κ1) is 25.0. The van der Waals surface area contributed by atoms with Gasteiger partial charge >= 0.3 is 35.5 Å². The van der Waals surface area contributed by atoms with E-state index in [2.05, 4.69) is 10.3 Å². The van der Waals surface area contributed by atoms with Crippen molar-refractivity contribution in [1.82, 2.24) is 15.2 Å². The molecule has 3 atom stereocenters. The van der Waals surface area contributed by atoms with Crippen LogP contribution < -0.4 is 45.7 Å². The summed E-state index contributed by atoms with van der Waals surface area (Å²) in [6.45, 7) is 0.599. The fraction of sp³-hybridized carbons (Fsp3) is 0.438. The van der Waals surface area contributed by atoms with Gasteiger partial charge in [0.05, 0.1) is 22.7 Å². The zero-order valence-corrected chi connectivity index (χ0v) is 20.4. The number of nitrogen functional groups attached to an aromatic ring is 1. The maximum atomic E-state index is 12.5. The monoisotopic (exact) mass is 482 g/mol. The van der Waals surface area contributed by atoms with Crippen molar-refractivity contribution >= 4 is 69.2 Å². The number of β-lactam (4-membered cyclic amide) rings is 1.